The standard InChI is InChI=1S/C44H29NS/c1-4-14-30(15-5-1)32-24-26-36-37-27-25-33(29-42(37)45(41(36)28-32)34-18-8-3-9-19-34)43-39-22-12-13-23-40(39)44(46-43)38-21-11-10-20-35(38)31-16-6-2-7-17-31/h1-29H. The molecule has 46 heavy (non-hydrogen) atoms. The summed E-state index contributed by atoms with van der Waals surface area (Å²) in [6.45, 7) is 0. The number of hydrogen-bond acceptors (Lipinski definition) is 1. The third-order valence-corrected chi connectivity index (χ3v) is 10.3. The van der Waals surface area contributed by atoms with Gasteiger partial charge in [0.05, 0.1) is 11.0 Å². The van der Waals surface area contributed by atoms with Crippen LogP contribution in [0.15, 0.2) is 176 Å². The third-order valence-electron chi connectivity index (χ3n) is 9.03. The smallest absolute Gasteiger partial charge is 0.0547 e. The minimum Gasteiger partial charge on any atom is -0.309 e. The first-order valence-corrected chi connectivity index (χ1v) is 16.5. The minimum absolute atomic E-state index is 1.17. The molecule has 0 radical (unpaired) electrons. The minimum atomic E-state index is 1.17. The Morgan fingerprint density at radius 2 is 0.826 bits per heavy atom. The molecule has 0 aliphatic carbocycles. The van der Waals surface area contributed by atoms with Gasteiger partial charge in [0.25, 0.3) is 0 Å². The Kier molecular flexibility index (Phi) is 6.40. The molecular weight excluding hydrogens is 575 g/mol. The van der Waals surface area contributed by atoms with Gasteiger partial charge in [-0.2, -0.15) is 0 Å². The van der Waals surface area contributed by atoms with Gasteiger partial charge in [-0.1, -0.05) is 152 Å². The predicted octanol–water partition coefficient (Wildman–Crippen LogP) is 12.7. The number of aromatic nitrogens is 1. The van der Waals surface area contributed by atoms with E-state index in [1.807, 2.05) is 11.3 Å². The SMILES string of the molecule is c1ccc(-c2ccc3c4ccc(-c5sc(-c6ccccc6-c6ccccc6)c6ccccc56)cc4n(-c4ccccc4)c3c2)cc1. The average Bonchev–Trinajstić information content (AvgIpc) is 3.68. The molecule has 0 saturated heterocycles. The van der Waals surface area contributed by atoms with E-state index in [1.165, 1.54) is 81.4 Å². The van der Waals surface area contributed by atoms with Gasteiger partial charge in [-0.3, -0.25) is 0 Å². The van der Waals surface area contributed by atoms with Gasteiger partial charge in [-0.05, 0) is 52.1 Å². The Labute approximate surface area is 272 Å². The van der Waals surface area contributed by atoms with Crippen LogP contribution in [-0.4, -0.2) is 4.57 Å². The summed E-state index contributed by atoms with van der Waals surface area (Å²) < 4.78 is 2.43. The molecule has 2 aromatic heterocycles. The summed E-state index contributed by atoms with van der Waals surface area (Å²) in [6.07, 6.45) is 0. The van der Waals surface area contributed by atoms with E-state index in [0.717, 1.165) is 0 Å². The van der Waals surface area contributed by atoms with Gasteiger partial charge in [0.1, 0.15) is 0 Å². The van der Waals surface area contributed by atoms with Crippen molar-refractivity contribution in [3.05, 3.63) is 176 Å². The van der Waals surface area contributed by atoms with Crippen LogP contribution >= 0.6 is 11.3 Å². The van der Waals surface area contributed by atoms with Gasteiger partial charge in [0.15, 0.2) is 0 Å². The Morgan fingerprint density at radius 3 is 1.50 bits per heavy atom. The Bertz CT molecular complexity index is 2500. The number of thiophene rings is 1. The number of hydrogen-bond donors (Lipinski definition) is 0. The van der Waals surface area contributed by atoms with Crippen LogP contribution in [0, 0.1) is 0 Å². The lowest BCUT2D eigenvalue weighted by Gasteiger charge is -2.10. The largest absolute Gasteiger partial charge is 0.309 e. The molecule has 0 spiro atoms. The van der Waals surface area contributed by atoms with E-state index < -0.39 is 0 Å². The summed E-state index contributed by atoms with van der Waals surface area (Å²) in [5.74, 6) is 0. The summed E-state index contributed by atoms with van der Waals surface area (Å²) in [5, 5.41) is 5.11. The molecule has 0 aliphatic heterocycles. The first-order chi connectivity index (χ1) is 22.8. The highest BCUT2D eigenvalue weighted by Crippen LogP contribution is 2.47. The molecule has 7 aromatic carbocycles. The van der Waals surface area contributed by atoms with Crippen molar-refractivity contribution in [2.75, 3.05) is 0 Å². The summed E-state index contributed by atoms with van der Waals surface area (Å²) >= 11 is 1.90. The number of nitrogens with zero attached hydrogens (tertiary/aromatic N) is 1. The number of benzene rings is 7. The zero-order valence-corrected chi connectivity index (χ0v) is 25.9. The van der Waals surface area contributed by atoms with Crippen LogP contribution in [0.4, 0.5) is 0 Å². The van der Waals surface area contributed by atoms with Gasteiger partial charge < -0.3 is 4.57 Å². The zero-order valence-electron chi connectivity index (χ0n) is 25.1. The van der Waals surface area contributed by atoms with Gasteiger partial charge in [0, 0.05) is 42.6 Å². The zero-order chi connectivity index (χ0) is 30.5. The molecule has 2 heterocycles. The van der Waals surface area contributed by atoms with Crippen molar-refractivity contribution in [2.45, 2.75) is 0 Å². The van der Waals surface area contributed by atoms with Crippen molar-refractivity contribution in [1.82, 2.24) is 4.57 Å². The Balaban J connectivity index is 1.28. The fourth-order valence-corrected chi connectivity index (χ4v) is 8.19. The second-order valence-corrected chi connectivity index (χ2v) is 12.7. The van der Waals surface area contributed by atoms with Gasteiger partial charge in [-0.25, -0.2) is 0 Å². The molecule has 9 aromatic rings. The van der Waals surface area contributed by atoms with E-state index in [4.69, 9.17) is 0 Å². The maximum Gasteiger partial charge on any atom is 0.0547 e. The van der Waals surface area contributed by atoms with Crippen molar-refractivity contribution in [1.29, 1.82) is 0 Å². The summed E-state index contributed by atoms with van der Waals surface area (Å²) in [4.78, 5) is 2.60. The van der Waals surface area contributed by atoms with Gasteiger partial charge >= 0.3 is 0 Å². The fourth-order valence-electron chi connectivity index (χ4n) is 6.88. The molecule has 0 aliphatic rings. The van der Waals surface area contributed by atoms with Crippen molar-refractivity contribution >= 4 is 43.9 Å². The summed E-state index contributed by atoms with van der Waals surface area (Å²) in [6, 6.07) is 63.7. The van der Waals surface area contributed by atoms with E-state index in [1.54, 1.807) is 0 Å². The van der Waals surface area contributed by atoms with E-state index in [2.05, 4.69) is 180 Å². The topological polar surface area (TPSA) is 4.93 Å². The van der Waals surface area contributed by atoms with Gasteiger partial charge in [-0.15, -0.1) is 11.3 Å². The van der Waals surface area contributed by atoms with Crippen LogP contribution in [0.5, 0.6) is 0 Å². The second-order valence-electron chi connectivity index (χ2n) is 11.7. The molecule has 0 N–H and O–H groups in total. The first-order valence-electron chi connectivity index (χ1n) is 15.7. The van der Waals surface area contributed by atoms with E-state index >= 15 is 0 Å². The van der Waals surface area contributed by atoms with Gasteiger partial charge in [0.2, 0.25) is 0 Å². The lowest BCUT2D eigenvalue weighted by Crippen LogP contribution is -1.93. The molecule has 0 fully saturated rings. The average molecular weight is 604 g/mol. The molecule has 0 atom stereocenters. The van der Waals surface area contributed by atoms with Crippen LogP contribution in [0.25, 0.3) is 81.4 Å². The summed E-state index contributed by atoms with van der Waals surface area (Å²) in [5.41, 5.74) is 11.0. The lowest BCUT2D eigenvalue weighted by atomic mass is 9.96. The summed E-state index contributed by atoms with van der Waals surface area (Å²) in [7, 11) is 0. The van der Waals surface area contributed by atoms with E-state index in [0.29, 0.717) is 0 Å². The molecule has 9 rings (SSSR count). The van der Waals surface area contributed by atoms with Crippen LogP contribution in [-0.2, 0) is 0 Å². The molecule has 0 bridgehead atoms. The van der Waals surface area contributed by atoms with Crippen LogP contribution in [0.3, 0.4) is 0 Å². The molecule has 0 unspecified atom stereocenters. The highest BCUT2D eigenvalue weighted by molar-refractivity contribution is 7.21. The Hall–Kier alpha value is -5.70. The quantitative estimate of drug-likeness (QED) is 0.184. The maximum atomic E-state index is 2.43. The molecule has 0 saturated carbocycles. The number of para-hydroxylation sites is 1. The molecule has 1 nitrogen and oxygen atoms in total. The monoisotopic (exact) mass is 603 g/mol. The number of fused-ring (bicyclic) bond motifs is 4. The predicted molar refractivity (Wildman–Crippen MR) is 198 cm³/mol. The molecule has 2 heteroatoms. The third kappa shape index (κ3) is 4.38. The highest BCUT2D eigenvalue weighted by atomic mass is 32.1. The highest BCUT2D eigenvalue weighted by Gasteiger charge is 2.19. The van der Waals surface area contributed by atoms with Crippen LogP contribution in [0.1, 0.15) is 0 Å². The van der Waals surface area contributed by atoms with Crippen molar-refractivity contribution in [3.8, 4) is 48.8 Å². The second kappa shape index (κ2) is 11.0. The Morgan fingerprint density at radius 1 is 0.326 bits per heavy atom. The normalized spacial score (nSPS) is 11.5. The molecule has 216 valence electrons. The molecular formula is C44H29NS. The van der Waals surface area contributed by atoms with E-state index in [9.17, 15) is 0 Å². The van der Waals surface area contributed by atoms with Crippen molar-refractivity contribution in [2.24, 2.45) is 0 Å². The first kappa shape index (κ1) is 26.7. The molecule has 0 amide bonds. The van der Waals surface area contributed by atoms with Crippen molar-refractivity contribution < 1.29 is 0 Å². The van der Waals surface area contributed by atoms with Crippen molar-refractivity contribution in [3.63, 3.8) is 0 Å². The lowest BCUT2D eigenvalue weighted by molar-refractivity contribution is 1.18. The van der Waals surface area contributed by atoms with Crippen LogP contribution < -0.4 is 0 Å². The van der Waals surface area contributed by atoms with Crippen LogP contribution in [0.2, 0.25) is 0 Å². The maximum absolute atomic E-state index is 2.43. The number of rotatable bonds is 5. The van der Waals surface area contributed by atoms with E-state index in [-0.39, 0.29) is 0 Å². The fraction of sp³-hybridized carbons (Fsp3) is 0.